The molecule has 2 aromatic carbocycles. The van der Waals surface area contributed by atoms with E-state index < -0.39 is 11.7 Å². The highest BCUT2D eigenvalue weighted by molar-refractivity contribution is 7.98. The summed E-state index contributed by atoms with van der Waals surface area (Å²) in [4.78, 5) is 11.8. The van der Waals surface area contributed by atoms with Gasteiger partial charge in [0.05, 0.1) is 0 Å². The van der Waals surface area contributed by atoms with Crippen molar-refractivity contribution in [3.05, 3.63) is 65.2 Å². The zero-order chi connectivity index (χ0) is 14.5. The normalized spacial score (nSPS) is 10.3. The summed E-state index contributed by atoms with van der Waals surface area (Å²) in [6.07, 6.45) is 0. The molecule has 0 aliphatic heterocycles. The SMILES string of the molecule is NNC(=O)c1ccc(F)c(CSc2ccccc2F)c1. The predicted molar refractivity (Wildman–Crippen MR) is 74.0 cm³/mol. The Bertz CT molecular complexity index is 634. The van der Waals surface area contributed by atoms with Gasteiger partial charge in [-0.3, -0.25) is 10.2 Å². The molecule has 0 fully saturated rings. The van der Waals surface area contributed by atoms with E-state index in [1.165, 1.54) is 24.3 Å². The molecular formula is C14H12F2N2OS. The number of carbonyl (C=O) groups excluding carboxylic acids is 1. The Balaban J connectivity index is 2.17. The summed E-state index contributed by atoms with van der Waals surface area (Å²) in [5.41, 5.74) is 2.56. The summed E-state index contributed by atoms with van der Waals surface area (Å²) in [5.74, 6) is 3.96. The highest BCUT2D eigenvalue weighted by atomic mass is 32.2. The van der Waals surface area contributed by atoms with Gasteiger partial charge in [0.1, 0.15) is 11.6 Å². The molecule has 0 aliphatic rings. The number of carbonyl (C=O) groups is 1. The predicted octanol–water partition coefficient (Wildman–Crippen LogP) is 2.86. The van der Waals surface area contributed by atoms with Crippen molar-refractivity contribution in [2.45, 2.75) is 10.6 Å². The van der Waals surface area contributed by atoms with Crippen LogP contribution in [0.5, 0.6) is 0 Å². The van der Waals surface area contributed by atoms with Gasteiger partial charge in [-0.1, -0.05) is 12.1 Å². The third-order valence-electron chi connectivity index (χ3n) is 2.66. The summed E-state index contributed by atoms with van der Waals surface area (Å²) < 4.78 is 27.1. The number of benzene rings is 2. The molecule has 0 saturated heterocycles. The first-order valence-electron chi connectivity index (χ1n) is 5.78. The van der Waals surface area contributed by atoms with Crippen LogP contribution in [0.4, 0.5) is 8.78 Å². The third-order valence-corrected chi connectivity index (χ3v) is 3.76. The van der Waals surface area contributed by atoms with Crippen molar-refractivity contribution in [1.82, 2.24) is 5.43 Å². The van der Waals surface area contributed by atoms with Gasteiger partial charge in [0.25, 0.3) is 5.91 Å². The molecule has 2 rings (SSSR count). The second kappa shape index (κ2) is 6.49. The molecule has 0 saturated carbocycles. The quantitative estimate of drug-likeness (QED) is 0.394. The highest BCUT2D eigenvalue weighted by Gasteiger charge is 2.10. The Morgan fingerprint density at radius 1 is 1.15 bits per heavy atom. The van der Waals surface area contributed by atoms with E-state index in [2.05, 4.69) is 0 Å². The minimum Gasteiger partial charge on any atom is -0.290 e. The summed E-state index contributed by atoms with van der Waals surface area (Å²) in [5, 5.41) is 0. The fraction of sp³-hybridized carbons (Fsp3) is 0.0714. The van der Waals surface area contributed by atoms with Gasteiger partial charge in [-0.25, -0.2) is 14.6 Å². The number of hydrazine groups is 1. The molecule has 1 amide bonds. The van der Waals surface area contributed by atoms with Crippen molar-refractivity contribution in [2.75, 3.05) is 0 Å². The second-order valence-electron chi connectivity index (χ2n) is 4.00. The first kappa shape index (κ1) is 14.5. The molecule has 3 nitrogen and oxygen atoms in total. The smallest absolute Gasteiger partial charge is 0.265 e. The minimum atomic E-state index is -0.498. The number of hydrogen-bond donors (Lipinski definition) is 2. The molecule has 0 spiro atoms. The minimum absolute atomic E-state index is 0.221. The fourth-order valence-electron chi connectivity index (χ4n) is 1.63. The van der Waals surface area contributed by atoms with Gasteiger partial charge >= 0.3 is 0 Å². The molecule has 20 heavy (non-hydrogen) atoms. The summed E-state index contributed by atoms with van der Waals surface area (Å²) in [6.45, 7) is 0. The molecular weight excluding hydrogens is 282 g/mol. The van der Waals surface area contributed by atoms with E-state index in [0.717, 1.165) is 11.8 Å². The standard InChI is InChI=1S/C14H12F2N2OS/c15-11-6-5-9(14(19)18-17)7-10(11)8-20-13-4-2-1-3-12(13)16/h1-7H,8,17H2,(H,18,19). The Labute approximate surface area is 119 Å². The lowest BCUT2D eigenvalue weighted by atomic mass is 10.1. The number of rotatable bonds is 4. The maximum absolute atomic E-state index is 13.7. The van der Waals surface area contributed by atoms with Crippen LogP contribution in [0.1, 0.15) is 15.9 Å². The lowest BCUT2D eigenvalue weighted by Crippen LogP contribution is -2.30. The molecule has 0 radical (unpaired) electrons. The summed E-state index contributed by atoms with van der Waals surface area (Å²) in [6, 6.07) is 10.2. The van der Waals surface area contributed by atoms with Crippen molar-refractivity contribution in [1.29, 1.82) is 0 Å². The Morgan fingerprint density at radius 2 is 1.90 bits per heavy atom. The van der Waals surface area contributed by atoms with Crippen LogP contribution in [0.25, 0.3) is 0 Å². The van der Waals surface area contributed by atoms with E-state index in [4.69, 9.17) is 5.84 Å². The third kappa shape index (κ3) is 3.34. The van der Waals surface area contributed by atoms with Crippen LogP contribution in [0.3, 0.4) is 0 Å². The first-order valence-corrected chi connectivity index (χ1v) is 6.77. The molecule has 104 valence electrons. The van der Waals surface area contributed by atoms with E-state index in [1.807, 2.05) is 5.43 Å². The summed E-state index contributed by atoms with van der Waals surface area (Å²) >= 11 is 1.16. The van der Waals surface area contributed by atoms with Crippen LogP contribution in [0.15, 0.2) is 47.4 Å². The number of nitrogen functional groups attached to an aromatic ring is 1. The van der Waals surface area contributed by atoms with Crippen molar-refractivity contribution in [3.63, 3.8) is 0 Å². The Hall–Kier alpha value is -1.92. The monoisotopic (exact) mass is 294 g/mol. The molecule has 0 atom stereocenters. The van der Waals surface area contributed by atoms with E-state index in [1.54, 1.807) is 18.2 Å². The molecule has 2 aromatic rings. The van der Waals surface area contributed by atoms with E-state index in [-0.39, 0.29) is 17.1 Å². The number of halogens is 2. The van der Waals surface area contributed by atoms with Crippen molar-refractivity contribution < 1.29 is 13.6 Å². The second-order valence-corrected chi connectivity index (χ2v) is 5.02. The average molecular weight is 294 g/mol. The van der Waals surface area contributed by atoms with Gasteiger partial charge < -0.3 is 0 Å². The van der Waals surface area contributed by atoms with Crippen molar-refractivity contribution in [2.24, 2.45) is 5.84 Å². The van der Waals surface area contributed by atoms with Crippen LogP contribution in [0, 0.1) is 11.6 Å². The largest absolute Gasteiger partial charge is 0.290 e. The fourth-order valence-corrected chi connectivity index (χ4v) is 2.54. The maximum Gasteiger partial charge on any atom is 0.265 e. The van der Waals surface area contributed by atoms with Crippen molar-refractivity contribution in [3.8, 4) is 0 Å². The average Bonchev–Trinajstić information content (AvgIpc) is 2.47. The number of nitrogens with two attached hydrogens (primary N) is 1. The number of amides is 1. The van der Waals surface area contributed by atoms with Crippen molar-refractivity contribution >= 4 is 17.7 Å². The number of nitrogens with one attached hydrogen (secondary N) is 1. The number of thioether (sulfide) groups is 1. The lowest BCUT2D eigenvalue weighted by Gasteiger charge is -2.07. The Morgan fingerprint density at radius 3 is 2.60 bits per heavy atom. The Kier molecular flexibility index (Phi) is 4.70. The van der Waals surface area contributed by atoms with E-state index in [0.29, 0.717) is 10.5 Å². The van der Waals surface area contributed by atoms with Crippen LogP contribution in [-0.4, -0.2) is 5.91 Å². The zero-order valence-corrected chi connectivity index (χ0v) is 11.2. The number of hydrogen-bond acceptors (Lipinski definition) is 3. The molecule has 0 bridgehead atoms. The van der Waals surface area contributed by atoms with Gasteiger partial charge in [-0.2, -0.15) is 0 Å². The van der Waals surface area contributed by atoms with Crippen LogP contribution in [0.2, 0.25) is 0 Å². The summed E-state index contributed by atoms with van der Waals surface area (Å²) in [7, 11) is 0. The van der Waals surface area contributed by atoms with Crippen LogP contribution >= 0.6 is 11.8 Å². The van der Waals surface area contributed by atoms with Gasteiger partial charge in [-0.05, 0) is 35.9 Å². The zero-order valence-electron chi connectivity index (χ0n) is 10.4. The highest BCUT2D eigenvalue weighted by Crippen LogP contribution is 2.26. The molecule has 3 N–H and O–H groups in total. The van der Waals surface area contributed by atoms with Crippen LogP contribution in [-0.2, 0) is 5.75 Å². The van der Waals surface area contributed by atoms with Gasteiger partial charge in [-0.15, -0.1) is 11.8 Å². The topological polar surface area (TPSA) is 55.1 Å². The first-order chi connectivity index (χ1) is 9.61. The lowest BCUT2D eigenvalue weighted by molar-refractivity contribution is 0.0953. The van der Waals surface area contributed by atoms with Gasteiger partial charge in [0.2, 0.25) is 0 Å². The molecule has 0 unspecified atom stereocenters. The van der Waals surface area contributed by atoms with E-state index in [9.17, 15) is 13.6 Å². The van der Waals surface area contributed by atoms with E-state index >= 15 is 0 Å². The maximum atomic E-state index is 13.7. The molecule has 0 heterocycles. The van der Waals surface area contributed by atoms with Gasteiger partial charge in [0.15, 0.2) is 0 Å². The molecule has 0 aromatic heterocycles. The molecule has 6 heteroatoms. The van der Waals surface area contributed by atoms with Gasteiger partial charge in [0, 0.05) is 16.2 Å². The molecule has 0 aliphatic carbocycles. The van der Waals surface area contributed by atoms with Crippen LogP contribution < -0.4 is 11.3 Å².